The predicted octanol–water partition coefficient (Wildman–Crippen LogP) is 2.64. The Morgan fingerprint density at radius 2 is 1.87 bits per heavy atom. The number of rotatable bonds is 6. The lowest BCUT2D eigenvalue weighted by Gasteiger charge is -2.04. The largest absolute Gasteiger partial charge is 0.313 e. The van der Waals surface area contributed by atoms with Crippen LogP contribution in [-0.4, -0.2) is 6.54 Å². The van der Waals surface area contributed by atoms with Gasteiger partial charge in [-0.2, -0.15) is 5.26 Å². The summed E-state index contributed by atoms with van der Waals surface area (Å²) < 4.78 is 0. The molecule has 1 N–H and O–H groups in total. The number of nitrogens with one attached hydrogen (secondary N) is 1. The summed E-state index contributed by atoms with van der Waals surface area (Å²) in [6, 6.07) is 10.8. The Kier molecular flexibility index (Phi) is 5.50. The van der Waals surface area contributed by atoms with Crippen LogP contribution >= 0.6 is 0 Å². The normalized spacial score (nSPS) is 9.87. The van der Waals surface area contributed by atoms with E-state index in [-0.39, 0.29) is 0 Å². The molecule has 0 saturated heterocycles. The van der Waals surface area contributed by atoms with Gasteiger partial charge in [-0.15, -0.1) is 0 Å². The first-order chi connectivity index (χ1) is 7.36. The zero-order valence-electron chi connectivity index (χ0n) is 9.29. The smallest absolute Gasteiger partial charge is 0.0622 e. The first-order valence-corrected chi connectivity index (χ1v) is 5.52. The van der Waals surface area contributed by atoms with E-state index < -0.39 is 0 Å². The zero-order valence-corrected chi connectivity index (χ0v) is 9.29. The SMILES string of the molecule is CCc1ccc(CNCCCC#N)cc1. The van der Waals surface area contributed by atoms with Crippen LogP contribution in [0.4, 0.5) is 0 Å². The minimum absolute atomic E-state index is 0.641. The van der Waals surface area contributed by atoms with E-state index in [0.717, 1.165) is 25.9 Å². The number of benzene rings is 1. The average Bonchev–Trinajstić information content (AvgIpc) is 2.30. The van der Waals surface area contributed by atoms with Crippen molar-refractivity contribution >= 4 is 0 Å². The quantitative estimate of drug-likeness (QED) is 0.720. The highest BCUT2D eigenvalue weighted by molar-refractivity contribution is 5.22. The third-order valence-electron chi connectivity index (χ3n) is 2.40. The third kappa shape index (κ3) is 4.62. The molecule has 0 saturated carbocycles. The molecule has 0 aliphatic rings. The molecule has 0 aliphatic heterocycles. The van der Waals surface area contributed by atoms with Crippen LogP contribution in [0.5, 0.6) is 0 Å². The van der Waals surface area contributed by atoms with Gasteiger partial charge < -0.3 is 5.32 Å². The van der Waals surface area contributed by atoms with Gasteiger partial charge in [-0.3, -0.25) is 0 Å². The van der Waals surface area contributed by atoms with Crippen molar-refractivity contribution in [1.29, 1.82) is 5.26 Å². The van der Waals surface area contributed by atoms with Crippen molar-refractivity contribution in [3.05, 3.63) is 35.4 Å². The Bertz CT molecular complexity index is 308. The van der Waals surface area contributed by atoms with Crippen molar-refractivity contribution in [2.24, 2.45) is 0 Å². The van der Waals surface area contributed by atoms with Gasteiger partial charge in [-0.25, -0.2) is 0 Å². The molecule has 2 heteroatoms. The van der Waals surface area contributed by atoms with Gasteiger partial charge in [0.25, 0.3) is 0 Å². The van der Waals surface area contributed by atoms with Gasteiger partial charge in [0.2, 0.25) is 0 Å². The molecule has 80 valence electrons. The molecular formula is C13H18N2. The molecule has 1 rings (SSSR count). The molecule has 0 radical (unpaired) electrons. The predicted molar refractivity (Wildman–Crippen MR) is 62.4 cm³/mol. The molecule has 2 nitrogen and oxygen atoms in total. The molecule has 0 unspecified atom stereocenters. The van der Waals surface area contributed by atoms with Crippen LogP contribution in [0.2, 0.25) is 0 Å². The van der Waals surface area contributed by atoms with Crippen LogP contribution in [0, 0.1) is 11.3 Å². The summed E-state index contributed by atoms with van der Waals surface area (Å²) >= 11 is 0. The van der Waals surface area contributed by atoms with Crippen molar-refractivity contribution in [3.63, 3.8) is 0 Å². The molecule has 0 bridgehead atoms. The van der Waals surface area contributed by atoms with Crippen LogP contribution in [0.25, 0.3) is 0 Å². The zero-order chi connectivity index (χ0) is 10.9. The summed E-state index contributed by atoms with van der Waals surface area (Å²) in [7, 11) is 0. The molecule has 0 spiro atoms. The Labute approximate surface area is 91.9 Å². The second-order valence-corrected chi connectivity index (χ2v) is 3.61. The van der Waals surface area contributed by atoms with Crippen LogP contribution in [0.3, 0.4) is 0 Å². The Morgan fingerprint density at radius 1 is 1.20 bits per heavy atom. The maximum atomic E-state index is 8.36. The van der Waals surface area contributed by atoms with E-state index >= 15 is 0 Å². The number of hydrogen-bond donors (Lipinski definition) is 1. The first kappa shape index (κ1) is 11.7. The molecule has 0 atom stereocenters. The summed E-state index contributed by atoms with van der Waals surface area (Å²) in [5, 5.41) is 11.7. The highest BCUT2D eigenvalue weighted by Gasteiger charge is 1.93. The topological polar surface area (TPSA) is 35.8 Å². The summed E-state index contributed by atoms with van der Waals surface area (Å²) in [5.74, 6) is 0. The summed E-state index contributed by atoms with van der Waals surface area (Å²) in [4.78, 5) is 0. The summed E-state index contributed by atoms with van der Waals surface area (Å²) in [5.41, 5.74) is 2.69. The fourth-order valence-corrected chi connectivity index (χ4v) is 1.42. The van der Waals surface area contributed by atoms with E-state index in [4.69, 9.17) is 5.26 Å². The maximum Gasteiger partial charge on any atom is 0.0622 e. The van der Waals surface area contributed by atoms with E-state index in [1.807, 2.05) is 0 Å². The Morgan fingerprint density at radius 3 is 2.47 bits per heavy atom. The monoisotopic (exact) mass is 202 g/mol. The molecular weight excluding hydrogens is 184 g/mol. The van der Waals surface area contributed by atoms with E-state index in [9.17, 15) is 0 Å². The number of nitrogens with zero attached hydrogens (tertiary/aromatic N) is 1. The third-order valence-corrected chi connectivity index (χ3v) is 2.40. The van der Waals surface area contributed by atoms with Gasteiger partial charge in [0, 0.05) is 13.0 Å². The van der Waals surface area contributed by atoms with Crippen molar-refractivity contribution in [2.75, 3.05) is 6.54 Å². The molecule has 0 amide bonds. The fourth-order valence-electron chi connectivity index (χ4n) is 1.42. The van der Waals surface area contributed by atoms with Crippen LogP contribution < -0.4 is 5.32 Å². The van der Waals surface area contributed by atoms with E-state index in [1.54, 1.807) is 0 Å². The molecule has 15 heavy (non-hydrogen) atoms. The number of unbranched alkanes of at least 4 members (excludes halogenated alkanes) is 1. The molecule has 1 aromatic rings. The summed E-state index contributed by atoms with van der Waals surface area (Å²) in [6.07, 6.45) is 2.67. The lowest BCUT2D eigenvalue weighted by atomic mass is 10.1. The molecule has 0 fully saturated rings. The number of hydrogen-bond acceptors (Lipinski definition) is 2. The highest BCUT2D eigenvalue weighted by atomic mass is 14.8. The second-order valence-electron chi connectivity index (χ2n) is 3.61. The van der Waals surface area contributed by atoms with Crippen LogP contribution in [0.1, 0.15) is 30.9 Å². The van der Waals surface area contributed by atoms with Gasteiger partial charge in [0.05, 0.1) is 6.07 Å². The molecule has 0 heterocycles. The highest BCUT2D eigenvalue weighted by Crippen LogP contribution is 2.04. The van der Waals surface area contributed by atoms with Crippen LogP contribution in [0.15, 0.2) is 24.3 Å². The van der Waals surface area contributed by atoms with E-state index in [0.29, 0.717) is 6.42 Å². The lowest BCUT2D eigenvalue weighted by Crippen LogP contribution is -2.14. The summed E-state index contributed by atoms with van der Waals surface area (Å²) in [6.45, 7) is 3.98. The fraction of sp³-hybridized carbons (Fsp3) is 0.462. The Balaban J connectivity index is 2.23. The average molecular weight is 202 g/mol. The van der Waals surface area contributed by atoms with E-state index in [1.165, 1.54) is 11.1 Å². The van der Waals surface area contributed by atoms with Crippen molar-refractivity contribution in [3.8, 4) is 6.07 Å². The van der Waals surface area contributed by atoms with Gasteiger partial charge in [0.15, 0.2) is 0 Å². The van der Waals surface area contributed by atoms with E-state index in [2.05, 4.69) is 42.6 Å². The minimum atomic E-state index is 0.641. The first-order valence-electron chi connectivity index (χ1n) is 5.52. The van der Waals surface area contributed by atoms with Gasteiger partial charge in [-0.05, 0) is 30.5 Å². The molecule has 0 aromatic heterocycles. The number of nitriles is 1. The van der Waals surface area contributed by atoms with Gasteiger partial charge >= 0.3 is 0 Å². The standard InChI is InChI=1S/C13H18N2/c1-2-12-5-7-13(8-6-12)11-15-10-4-3-9-14/h5-8,15H,2-4,10-11H2,1H3. The van der Waals surface area contributed by atoms with Crippen molar-refractivity contribution in [2.45, 2.75) is 32.7 Å². The molecule has 1 aromatic carbocycles. The second kappa shape index (κ2) is 7.03. The van der Waals surface area contributed by atoms with Gasteiger partial charge in [0.1, 0.15) is 0 Å². The van der Waals surface area contributed by atoms with Gasteiger partial charge in [-0.1, -0.05) is 31.2 Å². The lowest BCUT2D eigenvalue weighted by molar-refractivity contribution is 0.657. The Hall–Kier alpha value is -1.33. The number of aryl methyl sites for hydroxylation is 1. The van der Waals surface area contributed by atoms with Crippen molar-refractivity contribution in [1.82, 2.24) is 5.32 Å². The van der Waals surface area contributed by atoms with Crippen molar-refractivity contribution < 1.29 is 0 Å². The maximum absolute atomic E-state index is 8.36. The minimum Gasteiger partial charge on any atom is -0.313 e. The van der Waals surface area contributed by atoms with Crippen LogP contribution in [-0.2, 0) is 13.0 Å². The molecule has 0 aliphatic carbocycles.